The maximum Gasteiger partial charge on any atom is 0.335 e. The molecule has 1 saturated heterocycles. The number of hydrogen-bond acceptors (Lipinski definition) is 6. The number of amides is 4. The van der Waals surface area contributed by atoms with Gasteiger partial charge in [0, 0.05) is 4.47 Å². The second-order valence-electron chi connectivity index (χ2n) is 9.67. The molecule has 1 aliphatic heterocycles. The number of carbonyl (C=O) groups excluding carboxylic acids is 3. The van der Waals surface area contributed by atoms with Crippen molar-refractivity contribution in [3.05, 3.63) is 120 Å². The largest absolute Gasteiger partial charge is 0.490 e. The number of anilines is 1. The second-order valence-corrected chi connectivity index (χ2v) is 12.3. The van der Waals surface area contributed by atoms with Crippen molar-refractivity contribution in [2.75, 3.05) is 11.5 Å². The Morgan fingerprint density at radius 3 is 2.18 bits per heavy atom. The van der Waals surface area contributed by atoms with E-state index in [9.17, 15) is 14.4 Å². The SMILES string of the molecule is CCOc1cc(/C=C2\C(=O)NC(=O)N(c3ccc(OCc4ccc(Br)cc4)cc3)C2=O)cc(Br)c1OCc1ccc(Cl)c(Cl)c1. The molecule has 0 saturated carbocycles. The van der Waals surface area contributed by atoms with Gasteiger partial charge in [0.2, 0.25) is 0 Å². The summed E-state index contributed by atoms with van der Waals surface area (Å²) < 4.78 is 19.2. The lowest BCUT2D eigenvalue weighted by Gasteiger charge is -2.26. The Kier molecular flexibility index (Phi) is 10.5. The summed E-state index contributed by atoms with van der Waals surface area (Å²) >= 11 is 19.1. The number of nitrogens with one attached hydrogen (secondary N) is 1. The zero-order chi connectivity index (χ0) is 32.1. The molecule has 0 aromatic heterocycles. The maximum atomic E-state index is 13.5. The topological polar surface area (TPSA) is 94.2 Å². The molecule has 0 unspecified atom stereocenters. The fraction of sp³-hybridized carbons (Fsp3) is 0.121. The molecular formula is C33H24Br2Cl2N2O6. The Morgan fingerprint density at radius 2 is 1.49 bits per heavy atom. The third-order valence-corrected chi connectivity index (χ3v) is 8.38. The molecule has 0 radical (unpaired) electrons. The van der Waals surface area contributed by atoms with Gasteiger partial charge in [0.05, 0.1) is 26.8 Å². The van der Waals surface area contributed by atoms with Crippen molar-refractivity contribution in [1.82, 2.24) is 5.32 Å². The molecule has 1 aliphatic rings. The molecule has 4 aromatic rings. The summed E-state index contributed by atoms with van der Waals surface area (Å²) in [5, 5.41) is 3.09. The molecule has 1 N–H and O–H groups in total. The first-order valence-corrected chi connectivity index (χ1v) is 15.9. The number of halogens is 4. The fourth-order valence-corrected chi connectivity index (χ4v) is 5.52. The summed E-state index contributed by atoms with van der Waals surface area (Å²) in [5.41, 5.74) is 2.28. The van der Waals surface area contributed by atoms with E-state index in [-0.39, 0.29) is 17.9 Å². The second kappa shape index (κ2) is 14.5. The van der Waals surface area contributed by atoms with Crippen molar-refractivity contribution in [2.45, 2.75) is 20.1 Å². The van der Waals surface area contributed by atoms with Gasteiger partial charge in [-0.3, -0.25) is 14.9 Å². The number of hydrogen-bond donors (Lipinski definition) is 1. The first-order chi connectivity index (χ1) is 21.6. The van der Waals surface area contributed by atoms with Crippen molar-refractivity contribution in [3.63, 3.8) is 0 Å². The Hall–Kier alpha value is -3.83. The molecule has 0 atom stereocenters. The molecule has 230 valence electrons. The van der Waals surface area contributed by atoms with Crippen LogP contribution in [0.1, 0.15) is 23.6 Å². The van der Waals surface area contributed by atoms with Gasteiger partial charge >= 0.3 is 6.03 Å². The molecule has 4 amide bonds. The van der Waals surface area contributed by atoms with Gasteiger partial charge in [0.15, 0.2) is 11.5 Å². The van der Waals surface area contributed by atoms with Crippen molar-refractivity contribution in [1.29, 1.82) is 0 Å². The summed E-state index contributed by atoms with van der Waals surface area (Å²) in [7, 11) is 0. The number of urea groups is 1. The molecule has 0 spiro atoms. The van der Waals surface area contributed by atoms with Gasteiger partial charge in [-0.15, -0.1) is 0 Å². The van der Waals surface area contributed by atoms with Crippen LogP contribution in [0.15, 0.2) is 93.4 Å². The van der Waals surface area contributed by atoms with Crippen LogP contribution in [0.2, 0.25) is 10.0 Å². The van der Waals surface area contributed by atoms with E-state index in [4.69, 9.17) is 37.4 Å². The summed E-state index contributed by atoms with van der Waals surface area (Å²) in [4.78, 5) is 40.0. The molecule has 0 bridgehead atoms. The zero-order valence-electron chi connectivity index (χ0n) is 23.6. The first kappa shape index (κ1) is 32.6. The third-order valence-electron chi connectivity index (χ3n) is 6.53. The summed E-state index contributed by atoms with van der Waals surface area (Å²) in [6.45, 7) is 2.68. The summed E-state index contributed by atoms with van der Waals surface area (Å²) in [5.74, 6) is -0.239. The van der Waals surface area contributed by atoms with Crippen LogP contribution in [-0.2, 0) is 22.8 Å². The molecule has 8 nitrogen and oxygen atoms in total. The Labute approximate surface area is 286 Å². The lowest BCUT2D eigenvalue weighted by atomic mass is 10.1. The van der Waals surface area contributed by atoms with Crippen molar-refractivity contribution >= 4 is 84.7 Å². The molecular weight excluding hydrogens is 751 g/mol. The zero-order valence-corrected chi connectivity index (χ0v) is 28.3. The molecule has 1 heterocycles. The maximum absolute atomic E-state index is 13.5. The number of carbonyl (C=O) groups is 3. The van der Waals surface area contributed by atoms with E-state index >= 15 is 0 Å². The van der Waals surface area contributed by atoms with Crippen LogP contribution in [0.4, 0.5) is 10.5 Å². The van der Waals surface area contributed by atoms with Crippen LogP contribution >= 0.6 is 55.1 Å². The average Bonchev–Trinajstić information content (AvgIpc) is 3.01. The van der Waals surface area contributed by atoms with E-state index in [1.165, 1.54) is 6.08 Å². The van der Waals surface area contributed by atoms with E-state index in [0.29, 0.717) is 50.5 Å². The third kappa shape index (κ3) is 7.88. The molecule has 1 fully saturated rings. The van der Waals surface area contributed by atoms with Crippen LogP contribution in [-0.4, -0.2) is 24.5 Å². The van der Waals surface area contributed by atoms with Gasteiger partial charge in [-0.1, -0.05) is 57.3 Å². The Balaban J connectivity index is 1.35. The highest BCUT2D eigenvalue weighted by atomic mass is 79.9. The summed E-state index contributed by atoms with van der Waals surface area (Å²) in [6, 6.07) is 21.8. The van der Waals surface area contributed by atoms with Gasteiger partial charge in [-0.2, -0.15) is 0 Å². The van der Waals surface area contributed by atoms with Crippen molar-refractivity contribution in [3.8, 4) is 17.2 Å². The minimum atomic E-state index is -0.854. The van der Waals surface area contributed by atoms with E-state index in [1.807, 2.05) is 31.2 Å². The first-order valence-electron chi connectivity index (χ1n) is 13.5. The van der Waals surface area contributed by atoms with Crippen LogP contribution in [0, 0.1) is 0 Å². The highest BCUT2D eigenvalue weighted by molar-refractivity contribution is 9.10. The van der Waals surface area contributed by atoms with Gasteiger partial charge in [0.1, 0.15) is 24.5 Å². The monoisotopic (exact) mass is 772 g/mol. The average molecular weight is 775 g/mol. The molecule has 5 rings (SSSR count). The quantitative estimate of drug-likeness (QED) is 0.128. The van der Waals surface area contributed by atoms with Crippen LogP contribution in [0.25, 0.3) is 6.08 Å². The van der Waals surface area contributed by atoms with E-state index in [1.54, 1.807) is 54.6 Å². The molecule has 0 aliphatic carbocycles. The lowest BCUT2D eigenvalue weighted by molar-refractivity contribution is -0.122. The summed E-state index contributed by atoms with van der Waals surface area (Å²) in [6.07, 6.45) is 1.39. The lowest BCUT2D eigenvalue weighted by Crippen LogP contribution is -2.54. The standard InChI is InChI=1S/C33H24Br2Cl2N2O6/c1-2-43-29-16-21(14-26(35)30(29)45-18-20-5-12-27(36)28(37)15-20)13-25-31(40)38-33(42)39(32(25)41)23-8-10-24(11-9-23)44-17-19-3-6-22(34)7-4-19/h3-16H,2,17-18H2,1H3,(H,38,40,42)/b25-13+. The minimum Gasteiger partial charge on any atom is -0.490 e. The van der Waals surface area contributed by atoms with Crippen molar-refractivity contribution < 1.29 is 28.6 Å². The van der Waals surface area contributed by atoms with Crippen molar-refractivity contribution in [2.24, 2.45) is 0 Å². The number of ether oxygens (including phenoxy) is 3. The number of nitrogens with zero attached hydrogens (tertiary/aromatic N) is 1. The normalized spacial score (nSPS) is 14.0. The Bertz CT molecular complexity index is 1800. The van der Waals surface area contributed by atoms with Gasteiger partial charge in [0.25, 0.3) is 11.8 Å². The number of barbiturate groups is 1. The number of rotatable bonds is 10. The van der Waals surface area contributed by atoms with Crippen LogP contribution < -0.4 is 24.4 Å². The van der Waals surface area contributed by atoms with Crippen LogP contribution in [0.5, 0.6) is 17.2 Å². The molecule has 12 heteroatoms. The highest BCUT2D eigenvalue weighted by Crippen LogP contribution is 2.38. The van der Waals surface area contributed by atoms with Crippen LogP contribution in [0.3, 0.4) is 0 Å². The minimum absolute atomic E-state index is 0.183. The van der Waals surface area contributed by atoms with E-state index in [0.717, 1.165) is 20.5 Å². The van der Waals surface area contributed by atoms with E-state index < -0.39 is 17.8 Å². The van der Waals surface area contributed by atoms with Gasteiger partial charge in [-0.05, 0) is 106 Å². The number of imide groups is 2. The predicted molar refractivity (Wildman–Crippen MR) is 180 cm³/mol. The highest BCUT2D eigenvalue weighted by Gasteiger charge is 2.37. The van der Waals surface area contributed by atoms with Gasteiger partial charge in [-0.25, -0.2) is 9.69 Å². The molecule has 4 aromatic carbocycles. The fourth-order valence-electron chi connectivity index (χ4n) is 4.36. The van der Waals surface area contributed by atoms with E-state index in [2.05, 4.69) is 37.2 Å². The van der Waals surface area contributed by atoms with Gasteiger partial charge < -0.3 is 14.2 Å². The number of benzene rings is 4. The smallest absolute Gasteiger partial charge is 0.335 e. The predicted octanol–water partition coefficient (Wildman–Crippen LogP) is 8.74. The Morgan fingerprint density at radius 1 is 0.800 bits per heavy atom. The molecule has 45 heavy (non-hydrogen) atoms.